The molecule has 0 radical (unpaired) electrons. The summed E-state index contributed by atoms with van der Waals surface area (Å²) in [6.45, 7) is 10.7. The molecule has 0 saturated heterocycles. The normalized spacial score (nSPS) is 11.3. The van der Waals surface area contributed by atoms with Crippen molar-refractivity contribution in [2.75, 3.05) is 12.8 Å². The van der Waals surface area contributed by atoms with Crippen molar-refractivity contribution in [1.29, 1.82) is 0 Å². The van der Waals surface area contributed by atoms with Gasteiger partial charge < -0.3 is 5.32 Å². The molecule has 1 nitrogen and oxygen atoms in total. The molecule has 0 heterocycles. The van der Waals surface area contributed by atoms with Crippen LogP contribution in [0.25, 0.3) is 0 Å². The van der Waals surface area contributed by atoms with Gasteiger partial charge in [0.15, 0.2) is 0 Å². The number of allylic oxidation sites excluding steroid dienone is 1. The van der Waals surface area contributed by atoms with Gasteiger partial charge in [0.25, 0.3) is 0 Å². The lowest BCUT2D eigenvalue weighted by molar-refractivity contribution is 0.787. The highest BCUT2D eigenvalue weighted by Gasteiger charge is 2.09. The smallest absolute Gasteiger partial charge is 0.00750 e. The molecule has 12 heavy (non-hydrogen) atoms. The van der Waals surface area contributed by atoms with E-state index in [0.717, 1.165) is 12.1 Å². The van der Waals surface area contributed by atoms with Crippen molar-refractivity contribution in [3.8, 4) is 0 Å². The van der Waals surface area contributed by atoms with E-state index in [9.17, 15) is 0 Å². The Hall–Kier alpha value is -0.110. The topological polar surface area (TPSA) is 12.0 Å². The van der Waals surface area contributed by atoms with Gasteiger partial charge in [0, 0.05) is 17.5 Å². The highest BCUT2D eigenvalue weighted by molar-refractivity contribution is 8.00. The van der Waals surface area contributed by atoms with E-state index >= 15 is 0 Å². The summed E-state index contributed by atoms with van der Waals surface area (Å²) in [6, 6.07) is 0. The quantitative estimate of drug-likeness (QED) is 0.664. The van der Waals surface area contributed by atoms with Crippen LogP contribution >= 0.6 is 11.8 Å². The van der Waals surface area contributed by atoms with Crippen LogP contribution in [0.2, 0.25) is 0 Å². The summed E-state index contributed by atoms with van der Waals surface area (Å²) >= 11 is 2.02. The summed E-state index contributed by atoms with van der Waals surface area (Å²) < 4.78 is 0.404. The monoisotopic (exact) mass is 187 g/mol. The predicted molar refractivity (Wildman–Crippen MR) is 59.6 cm³/mol. The molecule has 0 fully saturated rings. The molecule has 0 saturated carbocycles. The maximum Gasteiger partial charge on any atom is 0.00750 e. The molecule has 0 atom stereocenters. The van der Waals surface area contributed by atoms with Gasteiger partial charge in [-0.2, -0.15) is 11.8 Å². The molecule has 0 aliphatic rings. The molecule has 0 aliphatic carbocycles. The van der Waals surface area contributed by atoms with Crippen LogP contribution < -0.4 is 5.32 Å². The van der Waals surface area contributed by atoms with Crippen molar-refractivity contribution in [1.82, 2.24) is 5.32 Å². The molecule has 2 heteroatoms. The highest BCUT2D eigenvalue weighted by atomic mass is 32.2. The van der Waals surface area contributed by atoms with E-state index in [1.807, 2.05) is 18.8 Å². The van der Waals surface area contributed by atoms with E-state index in [4.69, 9.17) is 0 Å². The molecule has 0 aromatic rings. The highest BCUT2D eigenvalue weighted by Crippen LogP contribution is 2.24. The zero-order valence-electron chi connectivity index (χ0n) is 8.74. The van der Waals surface area contributed by atoms with Crippen LogP contribution in [-0.2, 0) is 0 Å². The second-order valence-corrected chi connectivity index (χ2v) is 5.84. The van der Waals surface area contributed by atoms with E-state index < -0.39 is 0 Å². The molecule has 0 rings (SSSR count). The van der Waals surface area contributed by atoms with E-state index in [-0.39, 0.29) is 0 Å². The Kier molecular flexibility index (Phi) is 5.47. The Labute approximate surface area is 81.0 Å². The van der Waals surface area contributed by atoms with Crippen LogP contribution in [0.1, 0.15) is 33.6 Å². The number of nitrogens with one attached hydrogen (secondary N) is 1. The van der Waals surface area contributed by atoms with Gasteiger partial charge in [-0.3, -0.25) is 0 Å². The van der Waals surface area contributed by atoms with Crippen molar-refractivity contribution in [3.63, 3.8) is 0 Å². The second-order valence-electron chi connectivity index (χ2n) is 3.92. The summed E-state index contributed by atoms with van der Waals surface area (Å²) in [7, 11) is 1.93. The molecular formula is C10H21NS. The van der Waals surface area contributed by atoms with Gasteiger partial charge in [-0.1, -0.05) is 27.4 Å². The van der Waals surface area contributed by atoms with E-state index in [0.29, 0.717) is 4.75 Å². The number of hydrogen-bond acceptors (Lipinski definition) is 2. The minimum absolute atomic E-state index is 0.404. The van der Waals surface area contributed by atoms with Crippen LogP contribution in [0, 0.1) is 0 Å². The lowest BCUT2D eigenvalue weighted by Crippen LogP contribution is -2.09. The minimum Gasteiger partial charge on any atom is -0.392 e. The first kappa shape index (κ1) is 11.9. The third kappa shape index (κ3) is 7.99. The summed E-state index contributed by atoms with van der Waals surface area (Å²) in [5.74, 6) is 1.23. The van der Waals surface area contributed by atoms with Crippen LogP contribution in [0.15, 0.2) is 12.3 Å². The van der Waals surface area contributed by atoms with Gasteiger partial charge in [-0.05, 0) is 18.6 Å². The van der Waals surface area contributed by atoms with Gasteiger partial charge in [-0.25, -0.2) is 0 Å². The lowest BCUT2D eigenvalue weighted by atomic mass is 10.3. The fourth-order valence-corrected chi connectivity index (χ4v) is 1.69. The summed E-state index contributed by atoms with van der Waals surface area (Å²) in [5, 5.41) is 3.06. The molecule has 0 amide bonds. The first-order valence-electron chi connectivity index (χ1n) is 4.45. The standard InChI is InChI=1S/C10H21NS/c1-9(11-5)7-6-8-12-10(2,3)4/h11H,1,6-8H2,2-5H3. The number of thioether (sulfide) groups is 1. The van der Waals surface area contributed by atoms with E-state index in [1.165, 1.54) is 12.2 Å². The molecule has 0 spiro atoms. The first-order valence-corrected chi connectivity index (χ1v) is 5.44. The first-order chi connectivity index (χ1) is 5.45. The lowest BCUT2D eigenvalue weighted by Gasteiger charge is -2.17. The summed E-state index contributed by atoms with van der Waals surface area (Å²) in [5.41, 5.74) is 1.14. The Morgan fingerprint density at radius 2 is 2.00 bits per heavy atom. The van der Waals surface area contributed by atoms with Crippen molar-refractivity contribution in [2.24, 2.45) is 0 Å². The third-order valence-corrected chi connectivity index (χ3v) is 2.87. The predicted octanol–water partition coefficient (Wildman–Crippen LogP) is 3.03. The average molecular weight is 187 g/mol. The number of hydrogen-bond donors (Lipinski definition) is 1. The molecular weight excluding hydrogens is 166 g/mol. The van der Waals surface area contributed by atoms with Gasteiger partial charge in [0.2, 0.25) is 0 Å². The molecule has 0 bridgehead atoms. The fraction of sp³-hybridized carbons (Fsp3) is 0.800. The van der Waals surface area contributed by atoms with Crippen LogP contribution in [0.4, 0.5) is 0 Å². The minimum atomic E-state index is 0.404. The van der Waals surface area contributed by atoms with Gasteiger partial charge in [0.05, 0.1) is 0 Å². The molecule has 72 valence electrons. The van der Waals surface area contributed by atoms with Gasteiger partial charge in [-0.15, -0.1) is 0 Å². The van der Waals surface area contributed by atoms with Crippen molar-refractivity contribution in [3.05, 3.63) is 12.3 Å². The Balaban J connectivity index is 3.28. The Bertz CT molecular complexity index is 135. The summed E-state index contributed by atoms with van der Waals surface area (Å²) in [6.07, 6.45) is 2.32. The van der Waals surface area contributed by atoms with Crippen LogP contribution in [0.5, 0.6) is 0 Å². The zero-order chi connectivity index (χ0) is 9.61. The third-order valence-electron chi connectivity index (χ3n) is 1.51. The molecule has 0 unspecified atom stereocenters. The maximum absolute atomic E-state index is 3.89. The average Bonchev–Trinajstić information content (AvgIpc) is 1.96. The number of rotatable bonds is 5. The fourth-order valence-electron chi connectivity index (χ4n) is 0.789. The Morgan fingerprint density at radius 3 is 2.42 bits per heavy atom. The van der Waals surface area contributed by atoms with E-state index in [2.05, 4.69) is 32.7 Å². The van der Waals surface area contributed by atoms with Crippen molar-refractivity contribution < 1.29 is 0 Å². The van der Waals surface area contributed by atoms with Crippen molar-refractivity contribution >= 4 is 11.8 Å². The van der Waals surface area contributed by atoms with Crippen LogP contribution in [0.3, 0.4) is 0 Å². The van der Waals surface area contributed by atoms with E-state index in [1.54, 1.807) is 0 Å². The van der Waals surface area contributed by atoms with Gasteiger partial charge >= 0.3 is 0 Å². The van der Waals surface area contributed by atoms with Crippen molar-refractivity contribution in [2.45, 2.75) is 38.4 Å². The summed E-state index contributed by atoms with van der Waals surface area (Å²) in [4.78, 5) is 0. The molecule has 0 aliphatic heterocycles. The SMILES string of the molecule is C=C(CCCSC(C)(C)C)NC. The molecule has 0 aromatic heterocycles. The Morgan fingerprint density at radius 1 is 1.42 bits per heavy atom. The molecule has 1 N–H and O–H groups in total. The second kappa shape index (κ2) is 5.52. The largest absolute Gasteiger partial charge is 0.392 e. The van der Waals surface area contributed by atoms with Gasteiger partial charge in [0.1, 0.15) is 0 Å². The molecule has 0 aromatic carbocycles. The maximum atomic E-state index is 3.89. The van der Waals surface area contributed by atoms with Crippen LogP contribution in [-0.4, -0.2) is 17.5 Å². The zero-order valence-corrected chi connectivity index (χ0v) is 9.55.